The molecule has 1 amide bonds. The van der Waals surface area contributed by atoms with Crippen LogP contribution in [0, 0.1) is 5.92 Å². The first-order valence-corrected chi connectivity index (χ1v) is 8.34. The zero-order valence-corrected chi connectivity index (χ0v) is 15.2. The van der Waals surface area contributed by atoms with E-state index in [9.17, 15) is 4.79 Å². The van der Waals surface area contributed by atoms with Gasteiger partial charge in [0.25, 0.3) is 5.91 Å². The van der Waals surface area contributed by atoms with Crippen molar-refractivity contribution in [3.05, 3.63) is 46.7 Å². The van der Waals surface area contributed by atoms with Crippen LogP contribution in [0.25, 0.3) is 5.69 Å². The number of amides is 1. The molecule has 1 fully saturated rings. The molecule has 1 aliphatic rings. The van der Waals surface area contributed by atoms with Crippen molar-refractivity contribution in [2.45, 2.75) is 19.8 Å². The lowest BCUT2D eigenvalue weighted by molar-refractivity contribution is 0.0786. The summed E-state index contributed by atoms with van der Waals surface area (Å²) in [5.74, 6) is 0.457. The number of nitrogens with two attached hydrogens (primary N) is 1. The summed E-state index contributed by atoms with van der Waals surface area (Å²) in [6, 6.07) is 7.49. The molecule has 0 spiro atoms. The molecule has 5 nitrogen and oxygen atoms in total. The minimum Gasteiger partial charge on any atom is -0.338 e. The molecule has 24 heavy (non-hydrogen) atoms. The Morgan fingerprint density at radius 1 is 1.46 bits per heavy atom. The topological polar surface area (TPSA) is 64.2 Å². The number of nitrogens with zero attached hydrogens (tertiary/aromatic N) is 3. The highest BCUT2D eigenvalue weighted by Crippen LogP contribution is 2.23. The zero-order valence-electron chi connectivity index (χ0n) is 13.6. The van der Waals surface area contributed by atoms with Gasteiger partial charge >= 0.3 is 0 Å². The van der Waals surface area contributed by atoms with Gasteiger partial charge in [0.15, 0.2) is 0 Å². The van der Waals surface area contributed by atoms with Gasteiger partial charge < -0.3 is 10.6 Å². The number of carbonyl (C=O) groups excluding carboxylic acids is 1. The van der Waals surface area contributed by atoms with Crippen LogP contribution in [0.15, 0.2) is 30.5 Å². The van der Waals surface area contributed by atoms with Crippen LogP contribution < -0.4 is 5.73 Å². The second kappa shape index (κ2) is 8.01. The largest absolute Gasteiger partial charge is 0.338 e. The van der Waals surface area contributed by atoms with Gasteiger partial charge in [-0.1, -0.05) is 24.6 Å². The van der Waals surface area contributed by atoms with E-state index in [1.54, 1.807) is 10.9 Å². The van der Waals surface area contributed by atoms with Gasteiger partial charge in [-0.05, 0) is 43.5 Å². The third-order valence-corrected chi connectivity index (χ3v) is 4.63. The third kappa shape index (κ3) is 3.58. The molecule has 1 saturated heterocycles. The van der Waals surface area contributed by atoms with Crippen molar-refractivity contribution in [1.82, 2.24) is 14.7 Å². The SMILES string of the molecule is CCc1c(C(=O)N2CCC(CN)C2)cnn1-c1cccc(Cl)c1.Cl. The maximum atomic E-state index is 12.8. The summed E-state index contributed by atoms with van der Waals surface area (Å²) in [5.41, 5.74) is 8.17. The van der Waals surface area contributed by atoms with Gasteiger partial charge in [-0.3, -0.25) is 4.79 Å². The first kappa shape index (κ1) is 18.8. The van der Waals surface area contributed by atoms with Crippen molar-refractivity contribution in [2.75, 3.05) is 19.6 Å². The molecule has 130 valence electrons. The van der Waals surface area contributed by atoms with Gasteiger partial charge in [0.05, 0.1) is 23.1 Å². The Balaban J connectivity index is 0.00000208. The Morgan fingerprint density at radius 3 is 2.88 bits per heavy atom. The molecular formula is C17H22Cl2N4O. The number of rotatable bonds is 4. The molecule has 0 bridgehead atoms. The minimum atomic E-state index is 0. The lowest BCUT2D eigenvalue weighted by Gasteiger charge is -2.16. The molecule has 1 atom stereocenters. The van der Waals surface area contributed by atoms with E-state index in [0.29, 0.717) is 23.0 Å². The van der Waals surface area contributed by atoms with Crippen molar-refractivity contribution >= 4 is 29.9 Å². The zero-order chi connectivity index (χ0) is 16.4. The number of benzene rings is 1. The molecule has 0 aliphatic carbocycles. The van der Waals surface area contributed by atoms with E-state index < -0.39 is 0 Å². The molecule has 2 heterocycles. The van der Waals surface area contributed by atoms with Crippen molar-refractivity contribution in [3.63, 3.8) is 0 Å². The van der Waals surface area contributed by atoms with Crippen LogP contribution in [0.2, 0.25) is 5.02 Å². The van der Waals surface area contributed by atoms with Crippen LogP contribution in [-0.4, -0.2) is 40.2 Å². The van der Waals surface area contributed by atoms with Crippen LogP contribution in [0.1, 0.15) is 29.4 Å². The third-order valence-electron chi connectivity index (χ3n) is 4.39. The maximum absolute atomic E-state index is 12.8. The number of halogens is 2. The first-order valence-electron chi connectivity index (χ1n) is 7.96. The molecule has 1 aliphatic heterocycles. The lowest BCUT2D eigenvalue weighted by atomic mass is 10.1. The Morgan fingerprint density at radius 2 is 2.25 bits per heavy atom. The van der Waals surface area contributed by atoms with Crippen LogP contribution in [0.5, 0.6) is 0 Å². The number of likely N-dealkylation sites (tertiary alicyclic amines) is 1. The van der Waals surface area contributed by atoms with Gasteiger partial charge in [-0.25, -0.2) is 4.68 Å². The number of hydrogen-bond acceptors (Lipinski definition) is 3. The van der Waals surface area contributed by atoms with Crippen molar-refractivity contribution in [2.24, 2.45) is 11.7 Å². The molecule has 1 unspecified atom stereocenters. The monoisotopic (exact) mass is 368 g/mol. The highest BCUT2D eigenvalue weighted by atomic mass is 35.5. The fraction of sp³-hybridized carbons (Fsp3) is 0.412. The van der Waals surface area contributed by atoms with Gasteiger partial charge in [0.1, 0.15) is 0 Å². The summed E-state index contributed by atoms with van der Waals surface area (Å²) >= 11 is 6.07. The highest BCUT2D eigenvalue weighted by molar-refractivity contribution is 6.30. The summed E-state index contributed by atoms with van der Waals surface area (Å²) in [7, 11) is 0. The summed E-state index contributed by atoms with van der Waals surface area (Å²) in [5, 5.41) is 5.07. The first-order chi connectivity index (χ1) is 11.1. The molecule has 0 saturated carbocycles. The normalized spacial score (nSPS) is 17.0. The summed E-state index contributed by atoms with van der Waals surface area (Å²) in [6.45, 7) is 4.17. The lowest BCUT2D eigenvalue weighted by Crippen LogP contribution is -2.30. The predicted octanol–water partition coefficient (Wildman–Crippen LogP) is 2.93. The Hall–Kier alpha value is -1.56. The minimum absolute atomic E-state index is 0. The molecule has 2 N–H and O–H groups in total. The van der Waals surface area contributed by atoms with E-state index >= 15 is 0 Å². The summed E-state index contributed by atoms with van der Waals surface area (Å²) in [6.07, 6.45) is 3.37. The number of carbonyl (C=O) groups is 1. The number of aromatic nitrogens is 2. The van der Waals surface area contributed by atoms with E-state index in [-0.39, 0.29) is 18.3 Å². The van der Waals surface area contributed by atoms with E-state index in [2.05, 4.69) is 5.10 Å². The second-order valence-corrected chi connectivity index (χ2v) is 6.33. The fourth-order valence-corrected chi connectivity index (χ4v) is 3.29. The van der Waals surface area contributed by atoms with Crippen LogP contribution in [0.4, 0.5) is 0 Å². The summed E-state index contributed by atoms with van der Waals surface area (Å²) in [4.78, 5) is 14.7. The van der Waals surface area contributed by atoms with E-state index in [1.807, 2.05) is 36.1 Å². The molecular weight excluding hydrogens is 347 g/mol. The fourth-order valence-electron chi connectivity index (χ4n) is 3.10. The van der Waals surface area contributed by atoms with Crippen LogP contribution in [0.3, 0.4) is 0 Å². The van der Waals surface area contributed by atoms with Crippen LogP contribution in [-0.2, 0) is 6.42 Å². The molecule has 0 radical (unpaired) electrons. The van der Waals surface area contributed by atoms with Crippen molar-refractivity contribution in [1.29, 1.82) is 0 Å². The molecule has 2 aromatic rings. The molecule has 7 heteroatoms. The van der Waals surface area contributed by atoms with E-state index in [0.717, 1.165) is 37.3 Å². The number of hydrogen-bond donors (Lipinski definition) is 1. The van der Waals surface area contributed by atoms with Gasteiger partial charge in [0, 0.05) is 18.1 Å². The molecule has 1 aromatic heterocycles. The second-order valence-electron chi connectivity index (χ2n) is 5.89. The molecule has 3 rings (SSSR count). The Kier molecular flexibility index (Phi) is 6.27. The average molecular weight is 369 g/mol. The maximum Gasteiger partial charge on any atom is 0.257 e. The van der Waals surface area contributed by atoms with Gasteiger partial charge in [-0.15, -0.1) is 12.4 Å². The Labute approximate surface area is 153 Å². The van der Waals surface area contributed by atoms with Crippen LogP contribution >= 0.6 is 24.0 Å². The van der Waals surface area contributed by atoms with Crippen molar-refractivity contribution < 1.29 is 4.79 Å². The van der Waals surface area contributed by atoms with Gasteiger partial charge in [0.2, 0.25) is 0 Å². The van der Waals surface area contributed by atoms with E-state index in [4.69, 9.17) is 17.3 Å². The predicted molar refractivity (Wildman–Crippen MR) is 98.3 cm³/mol. The van der Waals surface area contributed by atoms with E-state index in [1.165, 1.54) is 0 Å². The molecule has 1 aromatic carbocycles. The highest BCUT2D eigenvalue weighted by Gasteiger charge is 2.28. The van der Waals surface area contributed by atoms with Gasteiger partial charge in [-0.2, -0.15) is 5.10 Å². The Bertz CT molecular complexity index is 716. The van der Waals surface area contributed by atoms with Crippen molar-refractivity contribution in [3.8, 4) is 5.69 Å². The quantitative estimate of drug-likeness (QED) is 0.901. The standard InChI is InChI=1S/C17H21ClN4O.ClH/c1-2-16-15(17(23)21-7-6-12(9-19)11-21)10-20-22(16)14-5-3-4-13(18)8-14;/h3-5,8,10,12H,2,6-7,9,11,19H2,1H3;1H. The average Bonchev–Trinajstić information content (AvgIpc) is 3.20. The summed E-state index contributed by atoms with van der Waals surface area (Å²) < 4.78 is 1.80. The smallest absolute Gasteiger partial charge is 0.257 e.